The topological polar surface area (TPSA) is 62.3 Å². The van der Waals surface area contributed by atoms with Gasteiger partial charge in [0.2, 0.25) is 11.8 Å². The Balaban J connectivity index is 1.91. The molecule has 0 aromatic carbocycles. The van der Waals surface area contributed by atoms with Crippen LogP contribution in [0.4, 0.5) is 5.82 Å². The third-order valence-corrected chi connectivity index (χ3v) is 4.07. The first-order valence-electron chi connectivity index (χ1n) is 5.78. The summed E-state index contributed by atoms with van der Waals surface area (Å²) in [5, 5.41) is 2.95. The van der Waals surface area contributed by atoms with Crippen LogP contribution in [0, 0.1) is 18.8 Å². The second kappa shape index (κ2) is 3.95. The Bertz CT molecular complexity index is 524. The van der Waals surface area contributed by atoms with E-state index >= 15 is 0 Å². The van der Waals surface area contributed by atoms with E-state index in [9.17, 15) is 9.59 Å². The zero-order chi connectivity index (χ0) is 12.9. The Morgan fingerprint density at radius 2 is 1.94 bits per heavy atom. The van der Waals surface area contributed by atoms with Gasteiger partial charge < -0.3 is 4.90 Å². The number of pyridine rings is 1. The van der Waals surface area contributed by atoms with Gasteiger partial charge >= 0.3 is 0 Å². The van der Waals surface area contributed by atoms with E-state index in [1.54, 1.807) is 6.20 Å². The zero-order valence-electron chi connectivity index (χ0n) is 9.81. The molecule has 94 valence electrons. The van der Waals surface area contributed by atoms with Crippen LogP contribution < -0.4 is 10.2 Å². The Morgan fingerprint density at radius 3 is 2.56 bits per heavy atom. The monoisotopic (exact) mass is 265 g/mol. The van der Waals surface area contributed by atoms with Crippen LogP contribution >= 0.6 is 11.6 Å². The van der Waals surface area contributed by atoms with E-state index in [2.05, 4.69) is 10.3 Å². The second-order valence-electron chi connectivity index (χ2n) is 4.74. The van der Waals surface area contributed by atoms with Crippen molar-refractivity contribution in [2.45, 2.75) is 6.92 Å². The SMILES string of the molecule is Cc1ccnc(N2C[C@@H]3C(=O)NC(=O)[C@@H]3C2)c1Cl. The molecule has 2 fully saturated rings. The number of aryl methyl sites for hydroxylation is 1. The molecule has 2 atom stereocenters. The van der Waals surface area contributed by atoms with Gasteiger partial charge in [-0.25, -0.2) is 4.98 Å². The van der Waals surface area contributed by atoms with Crippen molar-refractivity contribution in [3.05, 3.63) is 22.8 Å². The normalized spacial score (nSPS) is 26.4. The largest absolute Gasteiger partial charge is 0.354 e. The minimum Gasteiger partial charge on any atom is -0.354 e. The van der Waals surface area contributed by atoms with Crippen molar-refractivity contribution in [1.82, 2.24) is 10.3 Å². The lowest BCUT2D eigenvalue weighted by molar-refractivity contribution is -0.126. The highest BCUT2D eigenvalue weighted by Gasteiger charge is 2.48. The lowest BCUT2D eigenvalue weighted by atomic mass is 10.00. The quantitative estimate of drug-likeness (QED) is 0.762. The second-order valence-corrected chi connectivity index (χ2v) is 5.11. The fourth-order valence-electron chi connectivity index (χ4n) is 2.56. The summed E-state index contributed by atoms with van der Waals surface area (Å²) in [5.41, 5.74) is 0.939. The van der Waals surface area contributed by atoms with Gasteiger partial charge in [-0.05, 0) is 18.6 Å². The summed E-state index contributed by atoms with van der Waals surface area (Å²) < 4.78 is 0. The molecule has 0 spiro atoms. The Hall–Kier alpha value is -1.62. The minimum absolute atomic E-state index is 0.184. The molecule has 2 saturated heterocycles. The van der Waals surface area contributed by atoms with Crippen LogP contribution in [0.2, 0.25) is 5.02 Å². The number of carbonyl (C=O) groups is 2. The van der Waals surface area contributed by atoms with Gasteiger partial charge in [-0.1, -0.05) is 11.6 Å². The van der Waals surface area contributed by atoms with Gasteiger partial charge in [0.1, 0.15) is 5.82 Å². The molecule has 2 amide bonds. The minimum atomic E-state index is -0.268. The number of carbonyl (C=O) groups excluding carboxylic acids is 2. The van der Waals surface area contributed by atoms with E-state index in [1.165, 1.54) is 0 Å². The third kappa shape index (κ3) is 1.58. The van der Waals surface area contributed by atoms with E-state index in [-0.39, 0.29) is 23.7 Å². The highest BCUT2D eigenvalue weighted by Crippen LogP contribution is 2.34. The van der Waals surface area contributed by atoms with Gasteiger partial charge in [0, 0.05) is 19.3 Å². The molecule has 0 saturated carbocycles. The summed E-state index contributed by atoms with van der Waals surface area (Å²) in [6.45, 7) is 2.90. The molecule has 3 rings (SSSR count). The molecule has 0 radical (unpaired) electrons. The van der Waals surface area contributed by atoms with Crippen LogP contribution in [0.3, 0.4) is 0 Å². The van der Waals surface area contributed by atoms with Gasteiger partial charge in [-0.3, -0.25) is 14.9 Å². The fraction of sp³-hybridized carbons (Fsp3) is 0.417. The zero-order valence-corrected chi connectivity index (χ0v) is 10.6. The number of amides is 2. The number of halogens is 1. The predicted molar refractivity (Wildman–Crippen MR) is 66.3 cm³/mol. The molecule has 18 heavy (non-hydrogen) atoms. The third-order valence-electron chi connectivity index (χ3n) is 3.60. The Morgan fingerprint density at radius 1 is 1.33 bits per heavy atom. The lowest BCUT2D eigenvalue weighted by Gasteiger charge is -2.19. The number of rotatable bonds is 1. The number of imide groups is 1. The molecule has 5 nitrogen and oxygen atoms in total. The van der Waals surface area contributed by atoms with Crippen molar-refractivity contribution < 1.29 is 9.59 Å². The van der Waals surface area contributed by atoms with E-state index in [0.29, 0.717) is 23.9 Å². The lowest BCUT2D eigenvalue weighted by Crippen LogP contribution is -2.31. The molecule has 0 bridgehead atoms. The smallest absolute Gasteiger partial charge is 0.232 e. The molecule has 1 aromatic rings. The maximum Gasteiger partial charge on any atom is 0.232 e. The molecule has 6 heteroatoms. The van der Waals surface area contributed by atoms with Gasteiger partial charge in [-0.2, -0.15) is 0 Å². The standard InChI is InChI=1S/C12H12ClN3O2/c1-6-2-3-14-10(9(6)13)16-4-7-8(5-16)12(18)15-11(7)17/h2-3,7-8H,4-5H2,1H3,(H,15,17,18)/t7-,8+. The molecule has 2 aliphatic rings. The highest BCUT2D eigenvalue weighted by atomic mass is 35.5. The summed E-state index contributed by atoms with van der Waals surface area (Å²) >= 11 is 6.21. The van der Waals surface area contributed by atoms with Crippen LogP contribution in [0.5, 0.6) is 0 Å². The highest BCUT2D eigenvalue weighted by molar-refractivity contribution is 6.33. The molecular weight excluding hydrogens is 254 g/mol. The number of nitrogens with zero attached hydrogens (tertiary/aromatic N) is 2. The fourth-order valence-corrected chi connectivity index (χ4v) is 2.79. The van der Waals surface area contributed by atoms with Crippen LogP contribution in [-0.2, 0) is 9.59 Å². The van der Waals surface area contributed by atoms with Gasteiger partial charge in [-0.15, -0.1) is 0 Å². The molecule has 0 unspecified atom stereocenters. The van der Waals surface area contributed by atoms with Crippen LogP contribution in [0.15, 0.2) is 12.3 Å². The molecule has 2 aliphatic heterocycles. The average Bonchev–Trinajstić information content (AvgIpc) is 2.86. The number of hydrogen-bond acceptors (Lipinski definition) is 4. The maximum atomic E-state index is 11.6. The first-order valence-corrected chi connectivity index (χ1v) is 6.16. The van der Waals surface area contributed by atoms with Crippen molar-refractivity contribution in [2.75, 3.05) is 18.0 Å². The summed E-state index contributed by atoms with van der Waals surface area (Å²) in [7, 11) is 0. The molecule has 0 aliphatic carbocycles. The number of hydrogen-bond donors (Lipinski definition) is 1. The summed E-state index contributed by atoms with van der Waals surface area (Å²) in [6, 6.07) is 1.83. The summed E-state index contributed by atoms with van der Waals surface area (Å²) in [5.74, 6) is -0.244. The summed E-state index contributed by atoms with van der Waals surface area (Å²) in [6.07, 6.45) is 1.69. The first-order chi connectivity index (χ1) is 8.58. The van der Waals surface area contributed by atoms with E-state index in [0.717, 1.165) is 5.56 Å². The molecule has 1 aromatic heterocycles. The van der Waals surface area contributed by atoms with E-state index < -0.39 is 0 Å². The van der Waals surface area contributed by atoms with Crippen LogP contribution in [0.1, 0.15) is 5.56 Å². The molecular formula is C12H12ClN3O2. The van der Waals surface area contributed by atoms with Crippen molar-refractivity contribution in [3.63, 3.8) is 0 Å². The molecule has 3 heterocycles. The first kappa shape index (κ1) is 11.5. The van der Waals surface area contributed by atoms with Crippen molar-refractivity contribution >= 4 is 29.2 Å². The van der Waals surface area contributed by atoms with E-state index in [4.69, 9.17) is 11.6 Å². The Kier molecular flexibility index (Phi) is 2.52. The molecule has 1 N–H and O–H groups in total. The van der Waals surface area contributed by atoms with Gasteiger partial charge in [0.05, 0.1) is 16.9 Å². The van der Waals surface area contributed by atoms with Gasteiger partial charge in [0.25, 0.3) is 0 Å². The van der Waals surface area contributed by atoms with Crippen molar-refractivity contribution in [2.24, 2.45) is 11.8 Å². The van der Waals surface area contributed by atoms with E-state index in [1.807, 2.05) is 17.9 Å². The van der Waals surface area contributed by atoms with Gasteiger partial charge in [0.15, 0.2) is 0 Å². The van der Waals surface area contributed by atoms with Crippen LogP contribution in [0.25, 0.3) is 0 Å². The number of fused-ring (bicyclic) bond motifs is 1. The summed E-state index contributed by atoms with van der Waals surface area (Å²) in [4.78, 5) is 29.3. The predicted octanol–water partition coefficient (Wildman–Crippen LogP) is 0.752. The maximum absolute atomic E-state index is 11.6. The number of nitrogens with one attached hydrogen (secondary N) is 1. The number of anilines is 1. The average molecular weight is 266 g/mol. The van der Waals surface area contributed by atoms with Crippen molar-refractivity contribution in [3.8, 4) is 0 Å². The number of aromatic nitrogens is 1. The van der Waals surface area contributed by atoms with Crippen LogP contribution in [-0.4, -0.2) is 29.9 Å². The van der Waals surface area contributed by atoms with Crippen molar-refractivity contribution in [1.29, 1.82) is 0 Å². The Labute approximate surface area is 109 Å².